The monoisotopic (exact) mass is 462 g/mol. The Balaban J connectivity index is 0.00000312. The molecule has 0 saturated carbocycles. The zero-order chi connectivity index (χ0) is 17.7. The fourth-order valence-corrected chi connectivity index (χ4v) is 2.81. The summed E-state index contributed by atoms with van der Waals surface area (Å²) in [5, 5.41) is 6.05. The number of likely N-dealkylation sites (tertiary alicyclic amines) is 1. The van der Waals surface area contributed by atoms with Crippen molar-refractivity contribution in [2.75, 3.05) is 33.2 Å². The third-order valence-corrected chi connectivity index (χ3v) is 4.32. The Bertz CT molecular complexity index is 634. The van der Waals surface area contributed by atoms with Gasteiger partial charge in [0.25, 0.3) is 5.91 Å². The van der Waals surface area contributed by atoms with Crippen LogP contribution < -0.4 is 10.6 Å². The lowest BCUT2D eigenvalue weighted by Gasteiger charge is -2.23. The molecule has 0 unspecified atom stereocenters. The molecule has 0 aliphatic carbocycles. The number of amides is 1. The number of carbonyl (C=O) groups is 1. The minimum Gasteiger partial charge on any atom is -0.354 e. The number of aliphatic imine (C=N–C) groups is 1. The normalized spacial score (nSPS) is 16.4. The van der Waals surface area contributed by atoms with Gasteiger partial charge in [-0.15, -0.1) is 24.0 Å². The summed E-state index contributed by atoms with van der Waals surface area (Å²) in [6.45, 7) is 9.16. The summed E-state index contributed by atoms with van der Waals surface area (Å²) in [5.41, 5.74) is 1.18. The second-order valence-electron chi connectivity index (χ2n) is 7.03. The van der Waals surface area contributed by atoms with E-state index in [9.17, 15) is 9.18 Å². The van der Waals surface area contributed by atoms with E-state index in [4.69, 9.17) is 0 Å². The highest BCUT2D eigenvalue weighted by Gasteiger charge is 2.30. The smallest absolute Gasteiger partial charge is 0.251 e. The maximum Gasteiger partial charge on any atom is 0.251 e. The van der Waals surface area contributed by atoms with Gasteiger partial charge >= 0.3 is 0 Å². The van der Waals surface area contributed by atoms with Gasteiger partial charge in [0.2, 0.25) is 0 Å². The number of halogens is 2. The fraction of sp³-hybridized carbons (Fsp3) is 0.556. The SMILES string of the molecule is CN=C(NCCNC(=O)c1ccc(C)c(F)c1)N1CCC(C)(C)C1.I. The minimum absolute atomic E-state index is 0. The summed E-state index contributed by atoms with van der Waals surface area (Å²) in [6.07, 6.45) is 1.14. The van der Waals surface area contributed by atoms with Crippen LogP contribution in [-0.4, -0.2) is 50.0 Å². The van der Waals surface area contributed by atoms with Crippen LogP contribution in [0.1, 0.15) is 36.2 Å². The van der Waals surface area contributed by atoms with Gasteiger partial charge in [-0.25, -0.2) is 4.39 Å². The molecule has 0 radical (unpaired) electrons. The predicted octanol–water partition coefficient (Wildman–Crippen LogP) is 2.79. The van der Waals surface area contributed by atoms with Crippen LogP contribution in [0.25, 0.3) is 0 Å². The highest BCUT2D eigenvalue weighted by molar-refractivity contribution is 14.0. The number of guanidine groups is 1. The van der Waals surface area contributed by atoms with E-state index < -0.39 is 0 Å². The van der Waals surface area contributed by atoms with Crippen LogP contribution in [0, 0.1) is 18.2 Å². The van der Waals surface area contributed by atoms with Gasteiger partial charge in [-0.05, 0) is 36.5 Å². The summed E-state index contributed by atoms with van der Waals surface area (Å²) >= 11 is 0. The number of nitrogens with one attached hydrogen (secondary N) is 2. The summed E-state index contributed by atoms with van der Waals surface area (Å²) in [4.78, 5) is 18.6. The van der Waals surface area contributed by atoms with E-state index in [0.29, 0.717) is 29.6 Å². The molecule has 140 valence electrons. The number of benzene rings is 1. The summed E-state index contributed by atoms with van der Waals surface area (Å²) < 4.78 is 13.5. The molecule has 1 aliphatic rings. The Morgan fingerprint density at radius 3 is 2.56 bits per heavy atom. The lowest BCUT2D eigenvalue weighted by atomic mass is 9.93. The van der Waals surface area contributed by atoms with Gasteiger partial charge < -0.3 is 15.5 Å². The highest BCUT2D eigenvalue weighted by Crippen LogP contribution is 2.28. The number of aryl methyl sites for hydroxylation is 1. The van der Waals surface area contributed by atoms with Crippen molar-refractivity contribution in [3.05, 3.63) is 35.1 Å². The van der Waals surface area contributed by atoms with Crippen LogP contribution in [0.5, 0.6) is 0 Å². The van der Waals surface area contributed by atoms with Crippen LogP contribution in [0.2, 0.25) is 0 Å². The quantitative estimate of drug-likeness (QED) is 0.313. The average Bonchev–Trinajstić information content (AvgIpc) is 2.89. The number of carbonyl (C=O) groups excluding carboxylic acids is 1. The third kappa shape index (κ3) is 6.13. The lowest BCUT2D eigenvalue weighted by Crippen LogP contribution is -2.43. The Morgan fingerprint density at radius 2 is 2.00 bits per heavy atom. The Labute approximate surface area is 166 Å². The van der Waals surface area contributed by atoms with Crippen LogP contribution in [-0.2, 0) is 0 Å². The van der Waals surface area contributed by atoms with E-state index in [1.807, 2.05) is 0 Å². The molecule has 25 heavy (non-hydrogen) atoms. The Hall–Kier alpha value is -1.38. The van der Waals surface area contributed by atoms with Crippen LogP contribution in [0.4, 0.5) is 4.39 Å². The van der Waals surface area contributed by atoms with E-state index in [0.717, 1.165) is 25.5 Å². The predicted molar refractivity (Wildman–Crippen MR) is 110 cm³/mol. The molecule has 1 aromatic rings. The molecule has 2 rings (SSSR count). The molecule has 1 amide bonds. The summed E-state index contributed by atoms with van der Waals surface area (Å²) in [6, 6.07) is 4.51. The van der Waals surface area contributed by atoms with Gasteiger partial charge in [0.05, 0.1) is 0 Å². The van der Waals surface area contributed by atoms with E-state index in [1.54, 1.807) is 26.1 Å². The number of hydrogen-bond acceptors (Lipinski definition) is 2. The van der Waals surface area contributed by atoms with E-state index in [2.05, 4.69) is 34.4 Å². The topological polar surface area (TPSA) is 56.7 Å². The van der Waals surface area contributed by atoms with Gasteiger partial charge in [-0.2, -0.15) is 0 Å². The second-order valence-corrected chi connectivity index (χ2v) is 7.03. The molecule has 1 aromatic carbocycles. The molecule has 5 nitrogen and oxygen atoms in total. The highest BCUT2D eigenvalue weighted by atomic mass is 127. The first-order valence-electron chi connectivity index (χ1n) is 8.32. The number of nitrogens with zero attached hydrogens (tertiary/aromatic N) is 2. The molecule has 1 fully saturated rings. The lowest BCUT2D eigenvalue weighted by molar-refractivity contribution is 0.0954. The molecular formula is C18H28FIN4O. The summed E-state index contributed by atoms with van der Waals surface area (Å²) in [7, 11) is 1.77. The Kier molecular flexibility index (Phi) is 8.11. The molecule has 0 aromatic heterocycles. The standard InChI is InChI=1S/C18H27FN4O.HI/c1-13-5-6-14(11-15(13)19)16(24)21-8-9-22-17(20-4)23-10-7-18(2,3)12-23;/h5-6,11H,7-10,12H2,1-4H3,(H,20,22)(H,21,24);1H. The van der Waals surface area contributed by atoms with Crippen molar-refractivity contribution in [2.24, 2.45) is 10.4 Å². The average molecular weight is 462 g/mol. The van der Waals surface area contributed by atoms with Crippen LogP contribution in [0.15, 0.2) is 23.2 Å². The van der Waals surface area contributed by atoms with Crippen LogP contribution in [0.3, 0.4) is 0 Å². The number of hydrogen-bond donors (Lipinski definition) is 2. The van der Waals surface area contributed by atoms with E-state index in [1.165, 1.54) is 6.07 Å². The van der Waals surface area contributed by atoms with E-state index in [-0.39, 0.29) is 35.7 Å². The van der Waals surface area contributed by atoms with Crippen molar-refractivity contribution in [1.82, 2.24) is 15.5 Å². The van der Waals surface area contributed by atoms with Crippen LogP contribution >= 0.6 is 24.0 Å². The zero-order valence-corrected chi connectivity index (χ0v) is 17.7. The molecule has 2 N–H and O–H groups in total. The zero-order valence-electron chi connectivity index (χ0n) is 15.4. The number of rotatable bonds is 4. The van der Waals surface area contributed by atoms with Gasteiger partial charge in [0.1, 0.15) is 5.82 Å². The van der Waals surface area contributed by atoms with Crippen molar-refractivity contribution in [1.29, 1.82) is 0 Å². The van der Waals surface area contributed by atoms with Gasteiger partial charge in [-0.3, -0.25) is 9.79 Å². The Morgan fingerprint density at radius 1 is 1.32 bits per heavy atom. The molecule has 1 heterocycles. The molecular weight excluding hydrogens is 434 g/mol. The molecule has 1 aliphatic heterocycles. The van der Waals surface area contributed by atoms with Crippen molar-refractivity contribution >= 4 is 35.8 Å². The van der Waals surface area contributed by atoms with E-state index >= 15 is 0 Å². The largest absolute Gasteiger partial charge is 0.354 e. The van der Waals surface area contributed by atoms with Gasteiger partial charge in [0, 0.05) is 38.8 Å². The molecule has 0 bridgehead atoms. The molecule has 1 saturated heterocycles. The third-order valence-electron chi connectivity index (χ3n) is 4.32. The second kappa shape index (κ2) is 9.35. The first kappa shape index (κ1) is 21.7. The molecule has 0 atom stereocenters. The van der Waals surface area contributed by atoms with Crippen molar-refractivity contribution in [3.8, 4) is 0 Å². The minimum atomic E-state index is -0.363. The maximum absolute atomic E-state index is 13.5. The first-order valence-corrected chi connectivity index (χ1v) is 8.32. The molecule has 0 spiro atoms. The first-order chi connectivity index (χ1) is 11.3. The van der Waals surface area contributed by atoms with Crippen molar-refractivity contribution in [3.63, 3.8) is 0 Å². The molecule has 7 heteroatoms. The maximum atomic E-state index is 13.5. The van der Waals surface area contributed by atoms with Crippen molar-refractivity contribution < 1.29 is 9.18 Å². The fourth-order valence-electron chi connectivity index (χ4n) is 2.81. The van der Waals surface area contributed by atoms with Gasteiger partial charge in [-0.1, -0.05) is 19.9 Å². The summed E-state index contributed by atoms with van der Waals surface area (Å²) in [5.74, 6) is 0.224. The van der Waals surface area contributed by atoms with Crippen molar-refractivity contribution in [2.45, 2.75) is 27.2 Å². The van der Waals surface area contributed by atoms with Gasteiger partial charge in [0.15, 0.2) is 5.96 Å².